The summed E-state index contributed by atoms with van der Waals surface area (Å²) in [7, 11) is 0. The van der Waals surface area contributed by atoms with E-state index in [0.29, 0.717) is 24.6 Å². The summed E-state index contributed by atoms with van der Waals surface area (Å²) in [6.45, 7) is 5.69. The number of ether oxygens (including phenoxy) is 2. The molecule has 1 aromatic rings. The van der Waals surface area contributed by atoms with Gasteiger partial charge in [-0.3, -0.25) is 10.1 Å². The number of nitrogens with zero attached hydrogens (tertiary/aromatic N) is 1. The number of amidine groups is 1. The number of hydrogen-bond donors (Lipinski definition) is 1. The van der Waals surface area contributed by atoms with E-state index in [1.165, 1.54) is 24.3 Å². The van der Waals surface area contributed by atoms with Crippen LogP contribution < -0.4 is 5.32 Å². The zero-order valence-electron chi connectivity index (χ0n) is 13.5. The topological polar surface area (TPSA) is 59.9 Å². The molecule has 126 valence electrons. The third kappa shape index (κ3) is 5.98. The second kappa shape index (κ2) is 8.62. The molecule has 1 N–H and O–H groups in total. The number of halogens is 1. The van der Waals surface area contributed by atoms with Gasteiger partial charge in [-0.2, -0.15) is 0 Å². The van der Waals surface area contributed by atoms with Crippen LogP contribution in [0.3, 0.4) is 0 Å². The summed E-state index contributed by atoms with van der Waals surface area (Å²) in [5.41, 5.74) is 0.351. The Morgan fingerprint density at radius 2 is 2.17 bits per heavy atom. The molecule has 6 heteroatoms. The SMILES string of the molecule is CC(C)COC(=NC[C@H]1CCCO1)NC(=O)c1ccc(F)cc1. The molecule has 0 bridgehead atoms. The minimum Gasteiger partial charge on any atom is -0.465 e. The monoisotopic (exact) mass is 322 g/mol. The van der Waals surface area contributed by atoms with E-state index >= 15 is 0 Å². The predicted octanol–water partition coefficient (Wildman–Crippen LogP) is 2.76. The van der Waals surface area contributed by atoms with Gasteiger partial charge in [0, 0.05) is 12.2 Å². The minimum atomic E-state index is -0.384. The molecule has 1 fully saturated rings. The van der Waals surface area contributed by atoms with Crippen LogP contribution in [0.1, 0.15) is 37.0 Å². The molecule has 1 aromatic carbocycles. The number of carbonyl (C=O) groups is 1. The van der Waals surface area contributed by atoms with Crippen molar-refractivity contribution in [3.63, 3.8) is 0 Å². The van der Waals surface area contributed by atoms with Crippen LogP contribution in [0.25, 0.3) is 0 Å². The maximum absolute atomic E-state index is 12.9. The van der Waals surface area contributed by atoms with Gasteiger partial charge in [0.25, 0.3) is 11.9 Å². The Bertz CT molecular complexity index is 537. The fraction of sp³-hybridized carbons (Fsp3) is 0.529. The van der Waals surface area contributed by atoms with Crippen LogP contribution in [-0.2, 0) is 9.47 Å². The number of amides is 1. The molecule has 1 aliphatic heterocycles. The van der Waals surface area contributed by atoms with Gasteiger partial charge >= 0.3 is 0 Å². The van der Waals surface area contributed by atoms with E-state index < -0.39 is 0 Å². The van der Waals surface area contributed by atoms with Crippen molar-refractivity contribution in [3.8, 4) is 0 Å². The Hall–Kier alpha value is -1.95. The molecular weight excluding hydrogens is 299 g/mol. The summed E-state index contributed by atoms with van der Waals surface area (Å²) < 4.78 is 24.0. The molecule has 5 nitrogen and oxygen atoms in total. The first kappa shape index (κ1) is 17.4. The Labute approximate surface area is 135 Å². The third-order valence-electron chi connectivity index (χ3n) is 3.34. The molecule has 0 unspecified atom stereocenters. The van der Waals surface area contributed by atoms with Crippen molar-refractivity contribution >= 4 is 11.9 Å². The highest BCUT2D eigenvalue weighted by Crippen LogP contribution is 2.12. The smallest absolute Gasteiger partial charge is 0.291 e. The van der Waals surface area contributed by atoms with E-state index in [1.807, 2.05) is 13.8 Å². The van der Waals surface area contributed by atoms with Crippen LogP contribution in [-0.4, -0.2) is 37.8 Å². The molecular formula is C17H23FN2O3. The lowest BCUT2D eigenvalue weighted by Crippen LogP contribution is -2.34. The Morgan fingerprint density at radius 1 is 1.43 bits per heavy atom. The van der Waals surface area contributed by atoms with Gasteiger partial charge in [0.05, 0.1) is 19.3 Å². The normalized spacial score (nSPS) is 18.3. The Balaban J connectivity index is 1.98. The molecule has 1 atom stereocenters. The average Bonchev–Trinajstić information content (AvgIpc) is 3.03. The van der Waals surface area contributed by atoms with E-state index in [2.05, 4.69) is 10.3 Å². The number of carbonyl (C=O) groups excluding carboxylic acids is 1. The maximum Gasteiger partial charge on any atom is 0.291 e. The van der Waals surface area contributed by atoms with E-state index in [9.17, 15) is 9.18 Å². The molecule has 0 saturated carbocycles. The number of aliphatic imine (C=N–C) groups is 1. The lowest BCUT2D eigenvalue weighted by Gasteiger charge is -2.13. The van der Waals surface area contributed by atoms with Crippen molar-refractivity contribution in [2.45, 2.75) is 32.8 Å². The van der Waals surface area contributed by atoms with E-state index in [4.69, 9.17) is 9.47 Å². The number of nitrogens with one attached hydrogen (secondary N) is 1. The van der Waals surface area contributed by atoms with Crippen LogP contribution in [0.15, 0.2) is 29.3 Å². The van der Waals surface area contributed by atoms with Gasteiger partial charge < -0.3 is 9.47 Å². The zero-order chi connectivity index (χ0) is 16.7. The fourth-order valence-corrected chi connectivity index (χ4v) is 2.11. The van der Waals surface area contributed by atoms with Crippen LogP contribution in [0.4, 0.5) is 4.39 Å². The van der Waals surface area contributed by atoms with E-state index in [1.54, 1.807) is 0 Å². The summed E-state index contributed by atoms with van der Waals surface area (Å²) in [6.07, 6.45) is 2.08. The Morgan fingerprint density at radius 3 is 2.78 bits per heavy atom. The molecule has 1 saturated heterocycles. The molecule has 1 aliphatic rings. The second-order valence-corrected chi connectivity index (χ2v) is 5.95. The van der Waals surface area contributed by atoms with Crippen molar-refractivity contribution < 1.29 is 18.7 Å². The second-order valence-electron chi connectivity index (χ2n) is 5.95. The van der Waals surface area contributed by atoms with Crippen molar-refractivity contribution in [1.82, 2.24) is 5.32 Å². The Kier molecular flexibility index (Phi) is 6.52. The molecule has 1 amide bonds. The van der Waals surface area contributed by atoms with Crippen molar-refractivity contribution in [1.29, 1.82) is 0 Å². The van der Waals surface area contributed by atoms with Crippen molar-refractivity contribution in [2.75, 3.05) is 19.8 Å². The summed E-state index contributed by atoms with van der Waals surface area (Å²) in [5.74, 6) is -0.449. The van der Waals surface area contributed by atoms with E-state index in [-0.39, 0.29) is 23.9 Å². The van der Waals surface area contributed by atoms with Crippen molar-refractivity contribution in [3.05, 3.63) is 35.6 Å². The summed E-state index contributed by atoms with van der Waals surface area (Å²) in [6, 6.07) is 5.51. The number of benzene rings is 1. The van der Waals surface area contributed by atoms with Gasteiger partial charge in [-0.1, -0.05) is 13.8 Å². The molecule has 0 aliphatic carbocycles. The number of rotatable bonds is 5. The molecule has 2 rings (SSSR count). The highest BCUT2D eigenvalue weighted by atomic mass is 19.1. The largest absolute Gasteiger partial charge is 0.465 e. The maximum atomic E-state index is 12.9. The van der Waals surface area contributed by atoms with Gasteiger partial charge in [-0.15, -0.1) is 0 Å². The highest BCUT2D eigenvalue weighted by molar-refractivity contribution is 6.04. The molecule has 0 aromatic heterocycles. The van der Waals surface area contributed by atoms with Crippen LogP contribution >= 0.6 is 0 Å². The fourth-order valence-electron chi connectivity index (χ4n) is 2.11. The van der Waals surface area contributed by atoms with Crippen LogP contribution in [0.2, 0.25) is 0 Å². The zero-order valence-corrected chi connectivity index (χ0v) is 13.5. The molecule has 1 heterocycles. The van der Waals surface area contributed by atoms with Gasteiger partial charge in [-0.25, -0.2) is 9.38 Å². The van der Waals surface area contributed by atoms with E-state index in [0.717, 1.165) is 19.4 Å². The highest BCUT2D eigenvalue weighted by Gasteiger charge is 2.16. The van der Waals surface area contributed by atoms with Crippen LogP contribution in [0.5, 0.6) is 0 Å². The summed E-state index contributed by atoms with van der Waals surface area (Å²) in [4.78, 5) is 16.5. The average molecular weight is 322 g/mol. The van der Waals surface area contributed by atoms with Crippen molar-refractivity contribution in [2.24, 2.45) is 10.9 Å². The minimum absolute atomic E-state index is 0.0790. The lowest BCUT2D eigenvalue weighted by atomic mass is 10.2. The van der Waals surface area contributed by atoms with Crippen LogP contribution in [0, 0.1) is 11.7 Å². The summed E-state index contributed by atoms with van der Waals surface area (Å²) >= 11 is 0. The molecule has 23 heavy (non-hydrogen) atoms. The standard InChI is InChI=1S/C17H23FN2O3/c1-12(2)11-23-17(19-10-15-4-3-9-22-15)20-16(21)13-5-7-14(18)8-6-13/h5-8,12,15H,3-4,9-11H2,1-2H3,(H,19,20,21)/t15-/m1/s1. The third-order valence-corrected chi connectivity index (χ3v) is 3.34. The molecule has 0 spiro atoms. The number of hydrogen-bond acceptors (Lipinski definition) is 4. The first-order valence-electron chi connectivity index (χ1n) is 7.90. The first-order valence-corrected chi connectivity index (χ1v) is 7.90. The summed E-state index contributed by atoms with van der Waals surface area (Å²) in [5, 5.41) is 2.64. The van der Waals surface area contributed by atoms with Gasteiger partial charge in [-0.05, 0) is 43.0 Å². The quantitative estimate of drug-likeness (QED) is 0.670. The van der Waals surface area contributed by atoms with Gasteiger partial charge in [0.1, 0.15) is 5.82 Å². The first-order chi connectivity index (χ1) is 11.0. The van der Waals surface area contributed by atoms with Gasteiger partial charge in [0.15, 0.2) is 0 Å². The van der Waals surface area contributed by atoms with Gasteiger partial charge in [0.2, 0.25) is 0 Å². The lowest BCUT2D eigenvalue weighted by molar-refractivity contribution is 0.0960. The molecule has 0 radical (unpaired) electrons. The predicted molar refractivity (Wildman–Crippen MR) is 85.9 cm³/mol.